The molecule has 0 aliphatic rings. The standard InChI is InChI=1S/C12H12N6/c1-2-9-3-5-10(6-4-9)13-11-7-8-12-14-16-17-18(12)15-11/h3-8H,2H2,1H3,(H,13,15). The molecule has 0 bridgehead atoms. The van der Waals surface area contributed by atoms with Crippen LogP contribution >= 0.6 is 0 Å². The number of nitrogens with zero attached hydrogens (tertiary/aromatic N) is 5. The minimum atomic E-state index is 0.627. The summed E-state index contributed by atoms with van der Waals surface area (Å²) in [5.74, 6) is 0.707. The summed E-state index contributed by atoms with van der Waals surface area (Å²) in [4.78, 5) is 0. The van der Waals surface area contributed by atoms with Gasteiger partial charge in [0, 0.05) is 5.69 Å². The van der Waals surface area contributed by atoms with E-state index in [1.165, 1.54) is 10.2 Å². The molecule has 2 aromatic heterocycles. The van der Waals surface area contributed by atoms with Crippen molar-refractivity contribution in [1.82, 2.24) is 25.3 Å². The van der Waals surface area contributed by atoms with E-state index in [-0.39, 0.29) is 0 Å². The van der Waals surface area contributed by atoms with Crippen LogP contribution in [0.2, 0.25) is 0 Å². The molecular weight excluding hydrogens is 228 g/mol. The molecule has 0 aliphatic heterocycles. The first-order chi connectivity index (χ1) is 8.85. The van der Waals surface area contributed by atoms with Gasteiger partial charge in [-0.2, -0.15) is 0 Å². The first-order valence-corrected chi connectivity index (χ1v) is 5.76. The van der Waals surface area contributed by atoms with Crippen LogP contribution in [0.1, 0.15) is 12.5 Å². The Balaban J connectivity index is 1.85. The van der Waals surface area contributed by atoms with E-state index in [2.05, 4.69) is 45.0 Å². The van der Waals surface area contributed by atoms with Gasteiger partial charge in [0.15, 0.2) is 11.5 Å². The molecule has 0 atom stereocenters. The summed E-state index contributed by atoms with van der Waals surface area (Å²) in [5.41, 5.74) is 2.93. The van der Waals surface area contributed by atoms with Crippen molar-refractivity contribution >= 4 is 17.2 Å². The minimum absolute atomic E-state index is 0.627. The number of aryl methyl sites for hydroxylation is 1. The van der Waals surface area contributed by atoms with Crippen molar-refractivity contribution in [3.05, 3.63) is 42.0 Å². The summed E-state index contributed by atoms with van der Waals surface area (Å²) in [5, 5.41) is 18.6. The highest BCUT2D eigenvalue weighted by atomic mass is 15.6. The molecule has 0 fully saturated rings. The number of hydrogen-bond acceptors (Lipinski definition) is 5. The SMILES string of the molecule is CCc1ccc(Nc2ccc3nnnn3n2)cc1. The summed E-state index contributed by atoms with van der Waals surface area (Å²) in [6.45, 7) is 2.13. The van der Waals surface area contributed by atoms with Crippen molar-refractivity contribution in [1.29, 1.82) is 0 Å². The maximum atomic E-state index is 4.24. The minimum Gasteiger partial charge on any atom is -0.339 e. The third kappa shape index (κ3) is 2.00. The quantitative estimate of drug-likeness (QED) is 0.756. The van der Waals surface area contributed by atoms with Gasteiger partial charge in [-0.15, -0.1) is 14.8 Å². The zero-order chi connectivity index (χ0) is 12.4. The van der Waals surface area contributed by atoms with Gasteiger partial charge in [-0.25, -0.2) is 0 Å². The van der Waals surface area contributed by atoms with Crippen LogP contribution in [0.3, 0.4) is 0 Å². The third-order valence-corrected chi connectivity index (χ3v) is 2.70. The van der Waals surface area contributed by atoms with Crippen molar-refractivity contribution in [3.8, 4) is 0 Å². The average molecular weight is 240 g/mol. The van der Waals surface area contributed by atoms with E-state index < -0.39 is 0 Å². The molecule has 0 aliphatic carbocycles. The van der Waals surface area contributed by atoms with Gasteiger partial charge in [-0.05, 0) is 46.7 Å². The fraction of sp³-hybridized carbons (Fsp3) is 0.167. The van der Waals surface area contributed by atoms with Gasteiger partial charge in [-0.1, -0.05) is 19.1 Å². The van der Waals surface area contributed by atoms with Gasteiger partial charge in [0.25, 0.3) is 0 Å². The average Bonchev–Trinajstić information content (AvgIpc) is 2.87. The molecule has 1 aromatic carbocycles. The number of aromatic nitrogens is 5. The van der Waals surface area contributed by atoms with Gasteiger partial charge < -0.3 is 5.32 Å². The molecular formula is C12H12N6. The molecule has 0 radical (unpaired) electrons. The monoisotopic (exact) mass is 240 g/mol. The Labute approximate surface area is 104 Å². The lowest BCUT2D eigenvalue weighted by molar-refractivity contribution is 0.736. The fourth-order valence-electron chi connectivity index (χ4n) is 1.69. The molecule has 3 rings (SSSR count). The van der Waals surface area contributed by atoms with Crippen molar-refractivity contribution in [2.75, 3.05) is 5.32 Å². The van der Waals surface area contributed by atoms with E-state index in [0.717, 1.165) is 12.1 Å². The Morgan fingerprint density at radius 3 is 2.72 bits per heavy atom. The Bertz CT molecular complexity index is 658. The molecule has 3 aromatic rings. The molecule has 0 unspecified atom stereocenters. The summed E-state index contributed by atoms with van der Waals surface area (Å²) in [7, 11) is 0. The lowest BCUT2D eigenvalue weighted by atomic mass is 10.1. The van der Waals surface area contributed by atoms with Gasteiger partial charge in [0.1, 0.15) is 0 Å². The molecule has 0 spiro atoms. The van der Waals surface area contributed by atoms with Crippen LogP contribution in [0.15, 0.2) is 36.4 Å². The van der Waals surface area contributed by atoms with E-state index in [9.17, 15) is 0 Å². The second kappa shape index (κ2) is 4.40. The normalized spacial score (nSPS) is 10.7. The van der Waals surface area contributed by atoms with Crippen molar-refractivity contribution in [2.24, 2.45) is 0 Å². The van der Waals surface area contributed by atoms with Crippen LogP contribution in [0.25, 0.3) is 5.65 Å². The predicted molar refractivity (Wildman–Crippen MR) is 67.7 cm³/mol. The zero-order valence-corrected chi connectivity index (χ0v) is 9.91. The predicted octanol–water partition coefficient (Wildman–Crippen LogP) is 1.83. The van der Waals surface area contributed by atoms with Gasteiger partial charge in [0.05, 0.1) is 0 Å². The molecule has 0 saturated heterocycles. The van der Waals surface area contributed by atoms with Gasteiger partial charge >= 0.3 is 0 Å². The molecule has 1 N–H and O–H groups in total. The maximum absolute atomic E-state index is 4.24. The highest BCUT2D eigenvalue weighted by Gasteiger charge is 2.01. The Kier molecular flexibility index (Phi) is 2.60. The third-order valence-electron chi connectivity index (χ3n) is 2.70. The van der Waals surface area contributed by atoms with E-state index in [0.29, 0.717) is 11.5 Å². The molecule has 0 saturated carbocycles. The highest BCUT2D eigenvalue weighted by Crippen LogP contribution is 2.15. The van der Waals surface area contributed by atoms with E-state index in [4.69, 9.17) is 0 Å². The van der Waals surface area contributed by atoms with Crippen LogP contribution in [0, 0.1) is 0 Å². The zero-order valence-electron chi connectivity index (χ0n) is 9.91. The van der Waals surface area contributed by atoms with Gasteiger partial charge in [-0.3, -0.25) is 0 Å². The summed E-state index contributed by atoms with van der Waals surface area (Å²) < 4.78 is 1.39. The molecule has 18 heavy (non-hydrogen) atoms. The number of hydrogen-bond donors (Lipinski definition) is 1. The largest absolute Gasteiger partial charge is 0.339 e. The van der Waals surface area contributed by atoms with Crippen molar-refractivity contribution < 1.29 is 0 Å². The van der Waals surface area contributed by atoms with E-state index in [1.807, 2.05) is 24.3 Å². The van der Waals surface area contributed by atoms with Crippen molar-refractivity contribution in [2.45, 2.75) is 13.3 Å². The van der Waals surface area contributed by atoms with Crippen LogP contribution in [-0.2, 0) is 6.42 Å². The molecule has 6 nitrogen and oxygen atoms in total. The first kappa shape index (κ1) is 10.6. The number of anilines is 2. The number of tetrazole rings is 1. The number of nitrogens with one attached hydrogen (secondary N) is 1. The lowest BCUT2D eigenvalue weighted by Crippen LogP contribution is -2.00. The highest BCUT2D eigenvalue weighted by molar-refractivity contribution is 5.57. The summed E-state index contributed by atoms with van der Waals surface area (Å²) >= 11 is 0. The van der Waals surface area contributed by atoms with Crippen molar-refractivity contribution in [3.63, 3.8) is 0 Å². The molecule has 0 amide bonds. The van der Waals surface area contributed by atoms with Crippen LogP contribution in [0.5, 0.6) is 0 Å². The molecule has 90 valence electrons. The Hall–Kier alpha value is -2.50. The Morgan fingerprint density at radius 1 is 1.11 bits per heavy atom. The van der Waals surface area contributed by atoms with Gasteiger partial charge in [0.2, 0.25) is 0 Å². The second-order valence-corrected chi connectivity index (χ2v) is 3.92. The maximum Gasteiger partial charge on any atom is 0.200 e. The molecule has 6 heteroatoms. The number of fused-ring (bicyclic) bond motifs is 1. The topological polar surface area (TPSA) is 68.0 Å². The smallest absolute Gasteiger partial charge is 0.200 e. The Morgan fingerprint density at radius 2 is 1.94 bits per heavy atom. The van der Waals surface area contributed by atoms with Crippen LogP contribution < -0.4 is 5.32 Å². The molecule has 2 heterocycles. The second-order valence-electron chi connectivity index (χ2n) is 3.92. The van der Waals surface area contributed by atoms with E-state index >= 15 is 0 Å². The van der Waals surface area contributed by atoms with E-state index in [1.54, 1.807) is 0 Å². The summed E-state index contributed by atoms with van der Waals surface area (Å²) in [6, 6.07) is 11.9. The summed E-state index contributed by atoms with van der Waals surface area (Å²) in [6.07, 6.45) is 1.04. The first-order valence-electron chi connectivity index (χ1n) is 5.76. The number of rotatable bonds is 3. The van der Waals surface area contributed by atoms with Crippen LogP contribution in [-0.4, -0.2) is 25.3 Å². The fourth-order valence-corrected chi connectivity index (χ4v) is 1.69. The van der Waals surface area contributed by atoms with Crippen LogP contribution in [0.4, 0.5) is 11.5 Å². The lowest BCUT2D eigenvalue weighted by Gasteiger charge is -2.05. The number of benzene rings is 1.